The van der Waals surface area contributed by atoms with Crippen LogP contribution in [0.3, 0.4) is 0 Å². The van der Waals surface area contributed by atoms with Crippen LogP contribution in [0.15, 0.2) is 22.7 Å². The van der Waals surface area contributed by atoms with E-state index in [1.165, 1.54) is 0 Å². The number of nitrogens with zero attached hydrogens (tertiary/aromatic N) is 3. The predicted octanol–water partition coefficient (Wildman–Crippen LogP) is 4.50. The van der Waals surface area contributed by atoms with Crippen molar-refractivity contribution < 1.29 is 45.0 Å². The van der Waals surface area contributed by atoms with Gasteiger partial charge in [-0.25, -0.2) is 0 Å². The number of carbonyl (C=O) groups excluding carboxylic acids is 1. The molecule has 5 aliphatic carbocycles. The summed E-state index contributed by atoms with van der Waals surface area (Å²) in [6.45, 7) is 0. The van der Waals surface area contributed by atoms with Crippen molar-refractivity contribution in [2.45, 2.75) is 92.8 Å². The fraction of sp³-hybridized carbons (Fsp3) is 0.682. The monoisotopic (exact) mass is 520 g/mol. The minimum Gasteiger partial charge on any atom is -0.424 e. The molecular weight excluding hydrogens is 498 g/mol. The van der Waals surface area contributed by atoms with Crippen molar-refractivity contribution in [1.82, 2.24) is 20.1 Å². The van der Waals surface area contributed by atoms with Gasteiger partial charge in [-0.3, -0.25) is 14.3 Å². The van der Waals surface area contributed by atoms with Gasteiger partial charge in [0.1, 0.15) is 5.69 Å². The van der Waals surface area contributed by atoms with E-state index in [1.54, 1.807) is 22.9 Å². The van der Waals surface area contributed by atoms with E-state index in [0.717, 1.165) is 0 Å². The van der Waals surface area contributed by atoms with Crippen molar-refractivity contribution >= 4 is 5.91 Å². The Balaban J connectivity index is 1.01. The molecule has 1 amide bonds. The summed E-state index contributed by atoms with van der Waals surface area (Å²) in [6.07, 6.45) is -6.99. The zero-order valence-corrected chi connectivity index (χ0v) is 18.7. The number of hydrogen-bond donors (Lipinski definition) is 1. The molecule has 0 aromatic carbocycles. The number of carbonyl (C=O) groups is 1. The highest BCUT2D eigenvalue weighted by atomic mass is 19.4. The lowest BCUT2D eigenvalue weighted by molar-refractivity contribution is -0.353. The Bertz CT molecular complexity index is 1140. The molecule has 0 aliphatic heterocycles. The molecule has 2 bridgehead atoms. The van der Waals surface area contributed by atoms with Crippen LogP contribution in [-0.4, -0.2) is 51.1 Å². The summed E-state index contributed by atoms with van der Waals surface area (Å²) in [5.41, 5.74) is -0.378. The SMILES string of the molecule is O=C(NC12CC(c3nnc(C4CC(OC(F)(F)F)C4)o3)(C1)C2)c1cccn1C1CC(OC(F)(F)F)C1. The van der Waals surface area contributed by atoms with Gasteiger partial charge in [-0.1, -0.05) is 0 Å². The summed E-state index contributed by atoms with van der Waals surface area (Å²) in [4.78, 5) is 12.9. The average Bonchev–Trinajstić information content (AvgIpc) is 3.30. The van der Waals surface area contributed by atoms with Gasteiger partial charge in [0, 0.05) is 23.7 Å². The highest BCUT2D eigenvalue weighted by Gasteiger charge is 2.72. The fourth-order valence-electron chi connectivity index (χ4n) is 6.07. The predicted molar refractivity (Wildman–Crippen MR) is 107 cm³/mol. The third-order valence-electron chi connectivity index (χ3n) is 7.82. The first-order valence-electron chi connectivity index (χ1n) is 11.6. The van der Waals surface area contributed by atoms with Crippen molar-refractivity contribution in [3.63, 3.8) is 0 Å². The molecule has 14 heteroatoms. The number of nitrogens with one attached hydrogen (secondary N) is 1. The van der Waals surface area contributed by atoms with Gasteiger partial charge in [0.05, 0.1) is 17.6 Å². The largest absolute Gasteiger partial charge is 0.522 e. The van der Waals surface area contributed by atoms with Gasteiger partial charge in [0.15, 0.2) is 0 Å². The molecule has 0 spiro atoms. The maximum absolute atomic E-state index is 12.9. The summed E-state index contributed by atoms with van der Waals surface area (Å²) in [7, 11) is 0. The normalized spacial score (nSPS) is 35.3. The Morgan fingerprint density at radius 2 is 1.61 bits per heavy atom. The zero-order valence-electron chi connectivity index (χ0n) is 18.7. The molecule has 196 valence electrons. The lowest BCUT2D eigenvalue weighted by Crippen LogP contribution is -2.76. The smallest absolute Gasteiger partial charge is 0.424 e. The van der Waals surface area contributed by atoms with Crippen LogP contribution >= 0.6 is 0 Å². The lowest BCUT2D eigenvalue weighted by Gasteiger charge is -2.68. The standard InChI is InChI=1S/C22H22F6N4O4/c23-21(24,25)35-13-4-11(5-13)17-30-31-18(34-17)19-8-20(9-19,10-19)29-16(33)15-2-1-3-32(15)12-6-14(7-12)36-22(26,27)28/h1-3,11-14H,4-10H2,(H,29,33). The van der Waals surface area contributed by atoms with E-state index in [2.05, 4.69) is 25.0 Å². The Morgan fingerprint density at radius 3 is 2.22 bits per heavy atom. The molecule has 2 aromatic heterocycles. The van der Waals surface area contributed by atoms with E-state index >= 15 is 0 Å². The molecule has 2 heterocycles. The molecule has 1 N–H and O–H groups in total. The molecule has 0 atom stereocenters. The van der Waals surface area contributed by atoms with E-state index in [0.29, 0.717) is 36.7 Å². The first-order valence-corrected chi connectivity index (χ1v) is 11.6. The van der Waals surface area contributed by atoms with Gasteiger partial charge in [-0.15, -0.1) is 36.5 Å². The molecule has 0 radical (unpaired) electrons. The highest BCUT2D eigenvalue weighted by Crippen LogP contribution is 2.67. The number of hydrogen-bond acceptors (Lipinski definition) is 6. The number of amides is 1. The van der Waals surface area contributed by atoms with E-state index in [-0.39, 0.29) is 49.0 Å². The Kier molecular flexibility index (Phi) is 5.08. The number of rotatable bonds is 7. The van der Waals surface area contributed by atoms with Gasteiger partial charge in [-0.2, -0.15) is 0 Å². The summed E-state index contributed by atoms with van der Waals surface area (Å²) < 4.78 is 89.5. The Labute approximate surface area is 200 Å². The van der Waals surface area contributed by atoms with Crippen molar-refractivity contribution in [1.29, 1.82) is 0 Å². The summed E-state index contributed by atoms with van der Waals surface area (Å²) >= 11 is 0. The van der Waals surface area contributed by atoms with Crippen molar-refractivity contribution in [2.75, 3.05) is 0 Å². The molecule has 5 saturated carbocycles. The van der Waals surface area contributed by atoms with Gasteiger partial charge in [0.25, 0.3) is 5.91 Å². The van der Waals surface area contributed by atoms with E-state index < -0.39 is 30.5 Å². The van der Waals surface area contributed by atoms with E-state index in [4.69, 9.17) is 4.42 Å². The summed E-state index contributed by atoms with van der Waals surface area (Å²) in [5, 5.41) is 11.2. The van der Waals surface area contributed by atoms with Crippen LogP contribution in [0.5, 0.6) is 0 Å². The second-order valence-electron chi connectivity index (χ2n) is 10.5. The van der Waals surface area contributed by atoms with Crippen LogP contribution in [0.4, 0.5) is 26.3 Å². The minimum atomic E-state index is -4.67. The van der Waals surface area contributed by atoms with Gasteiger partial charge >= 0.3 is 12.7 Å². The molecule has 0 saturated heterocycles. The number of halogens is 6. The topological polar surface area (TPSA) is 91.4 Å². The van der Waals surface area contributed by atoms with Crippen molar-refractivity contribution in [2.24, 2.45) is 0 Å². The highest BCUT2D eigenvalue weighted by molar-refractivity contribution is 5.93. The maximum Gasteiger partial charge on any atom is 0.522 e. The minimum absolute atomic E-state index is 0.165. The molecular formula is C22H22F6N4O4. The van der Waals surface area contributed by atoms with E-state index in [1.807, 2.05) is 0 Å². The van der Waals surface area contributed by atoms with Crippen LogP contribution in [0.25, 0.3) is 0 Å². The lowest BCUT2D eigenvalue weighted by atomic mass is 9.39. The first kappa shape index (κ1) is 23.8. The third-order valence-corrected chi connectivity index (χ3v) is 7.82. The molecule has 7 rings (SSSR count). The third kappa shape index (κ3) is 4.17. The Hall–Kier alpha value is -2.61. The van der Waals surface area contributed by atoms with Gasteiger partial charge in [-0.05, 0) is 57.1 Å². The number of aromatic nitrogens is 3. The number of alkyl halides is 6. The van der Waals surface area contributed by atoms with Crippen molar-refractivity contribution in [3.8, 4) is 0 Å². The van der Waals surface area contributed by atoms with Crippen molar-refractivity contribution in [3.05, 3.63) is 35.8 Å². The quantitative estimate of drug-likeness (QED) is 0.541. The molecule has 36 heavy (non-hydrogen) atoms. The van der Waals surface area contributed by atoms with Gasteiger partial charge < -0.3 is 14.3 Å². The second-order valence-corrected chi connectivity index (χ2v) is 10.5. The van der Waals surface area contributed by atoms with E-state index in [9.17, 15) is 31.1 Å². The van der Waals surface area contributed by atoms with Gasteiger partial charge in [0.2, 0.25) is 11.8 Å². The molecule has 0 unspecified atom stereocenters. The molecule has 5 fully saturated rings. The fourth-order valence-corrected chi connectivity index (χ4v) is 6.07. The Morgan fingerprint density at radius 1 is 1.00 bits per heavy atom. The molecule has 2 aromatic rings. The van der Waals surface area contributed by atoms with Crippen LogP contribution in [0.1, 0.15) is 79.2 Å². The summed E-state index contributed by atoms with van der Waals surface area (Å²) in [6, 6.07) is 3.07. The van der Waals surface area contributed by atoms with Crippen LogP contribution < -0.4 is 5.32 Å². The molecule has 5 aliphatic rings. The second kappa shape index (κ2) is 7.70. The van der Waals surface area contributed by atoms with Crippen LogP contribution in [-0.2, 0) is 14.9 Å². The average molecular weight is 520 g/mol. The maximum atomic E-state index is 12.9. The zero-order chi connectivity index (χ0) is 25.5. The number of ether oxygens (including phenoxy) is 2. The molecule has 8 nitrogen and oxygen atoms in total. The van der Waals surface area contributed by atoms with Crippen LogP contribution in [0.2, 0.25) is 0 Å². The first-order chi connectivity index (χ1) is 16.8. The van der Waals surface area contributed by atoms with Crippen LogP contribution in [0, 0.1) is 0 Å². The summed E-state index contributed by atoms with van der Waals surface area (Å²) in [5.74, 6) is 0.174.